The van der Waals surface area contributed by atoms with Crippen LogP contribution in [0.5, 0.6) is 0 Å². The standard InChI is InChI=1S/C25H24F6N2OS/c26-24(27,28)23(34,25(29,30)31)21-9-7-20(8-10-21)19-5-3-18(4-6-19)16-32-11-13-33(14-12-32)17-22-2-1-15-35-22/h1-10,15,34H,11-14,16-17H2. The molecule has 3 aromatic rings. The first-order valence-electron chi connectivity index (χ1n) is 11.0. The minimum Gasteiger partial charge on any atom is -0.369 e. The Hall–Kier alpha value is -2.40. The minimum absolute atomic E-state index is 0.453. The number of rotatable bonds is 6. The van der Waals surface area contributed by atoms with E-state index in [4.69, 9.17) is 0 Å². The van der Waals surface area contributed by atoms with E-state index in [-0.39, 0.29) is 0 Å². The lowest BCUT2D eigenvalue weighted by atomic mass is 9.90. The van der Waals surface area contributed by atoms with Crippen molar-refractivity contribution >= 4 is 11.3 Å². The van der Waals surface area contributed by atoms with E-state index in [9.17, 15) is 31.4 Å². The minimum atomic E-state index is -5.90. The van der Waals surface area contributed by atoms with Crippen molar-refractivity contribution in [3.63, 3.8) is 0 Å². The number of piperazine rings is 1. The molecule has 0 spiro atoms. The van der Waals surface area contributed by atoms with Gasteiger partial charge < -0.3 is 5.11 Å². The first-order chi connectivity index (χ1) is 16.5. The van der Waals surface area contributed by atoms with Gasteiger partial charge in [-0.05, 0) is 28.1 Å². The van der Waals surface area contributed by atoms with Gasteiger partial charge in [0.15, 0.2) is 0 Å². The highest BCUT2D eigenvalue weighted by Gasteiger charge is 2.71. The van der Waals surface area contributed by atoms with E-state index in [1.807, 2.05) is 12.1 Å². The Balaban J connectivity index is 1.38. The normalized spacial score (nSPS) is 16.5. The molecule has 1 aliphatic rings. The lowest BCUT2D eigenvalue weighted by Crippen LogP contribution is -2.53. The van der Waals surface area contributed by atoms with Crippen LogP contribution in [0.1, 0.15) is 16.0 Å². The van der Waals surface area contributed by atoms with Crippen molar-refractivity contribution in [1.29, 1.82) is 0 Å². The first kappa shape index (κ1) is 25.7. The molecule has 0 saturated carbocycles. The van der Waals surface area contributed by atoms with Crippen LogP contribution < -0.4 is 0 Å². The number of alkyl halides is 6. The second-order valence-corrected chi connectivity index (χ2v) is 9.64. The molecule has 2 aromatic carbocycles. The Kier molecular flexibility index (Phi) is 7.28. The topological polar surface area (TPSA) is 26.7 Å². The molecule has 0 unspecified atom stereocenters. The van der Waals surface area contributed by atoms with Crippen molar-refractivity contribution in [2.75, 3.05) is 26.2 Å². The second kappa shape index (κ2) is 9.93. The fraction of sp³-hybridized carbons (Fsp3) is 0.360. The molecule has 3 nitrogen and oxygen atoms in total. The summed E-state index contributed by atoms with van der Waals surface area (Å²) in [6.07, 6.45) is -11.8. The van der Waals surface area contributed by atoms with Crippen molar-refractivity contribution < 1.29 is 31.4 Å². The summed E-state index contributed by atoms with van der Waals surface area (Å²) in [7, 11) is 0. The summed E-state index contributed by atoms with van der Waals surface area (Å²) in [6, 6.07) is 15.2. The van der Waals surface area contributed by atoms with Crippen molar-refractivity contribution in [2.24, 2.45) is 0 Å². The van der Waals surface area contributed by atoms with Gasteiger partial charge >= 0.3 is 12.4 Å². The predicted molar refractivity (Wildman–Crippen MR) is 123 cm³/mol. The number of benzene rings is 2. The van der Waals surface area contributed by atoms with Crippen LogP contribution in [-0.4, -0.2) is 53.4 Å². The number of aliphatic hydroxyl groups is 1. The van der Waals surface area contributed by atoms with Gasteiger partial charge in [-0.15, -0.1) is 11.3 Å². The Morgan fingerprint density at radius 3 is 1.63 bits per heavy atom. The van der Waals surface area contributed by atoms with Crippen molar-refractivity contribution in [3.8, 4) is 11.1 Å². The maximum Gasteiger partial charge on any atom is 0.430 e. The zero-order valence-corrected chi connectivity index (χ0v) is 19.4. The average molecular weight is 515 g/mol. The van der Waals surface area contributed by atoms with Crippen LogP contribution in [-0.2, 0) is 18.7 Å². The molecule has 2 heterocycles. The fourth-order valence-corrected chi connectivity index (χ4v) is 4.93. The van der Waals surface area contributed by atoms with Gasteiger partial charge in [0.2, 0.25) is 0 Å². The number of thiophene rings is 1. The van der Waals surface area contributed by atoms with Gasteiger partial charge in [0.1, 0.15) is 0 Å². The van der Waals surface area contributed by atoms with Crippen molar-refractivity contribution in [3.05, 3.63) is 82.0 Å². The first-order valence-corrected chi connectivity index (χ1v) is 11.9. The van der Waals surface area contributed by atoms with Gasteiger partial charge in [0.05, 0.1) is 0 Å². The molecule has 1 saturated heterocycles. The molecule has 1 fully saturated rings. The molecule has 35 heavy (non-hydrogen) atoms. The summed E-state index contributed by atoms with van der Waals surface area (Å²) in [6.45, 7) is 5.56. The van der Waals surface area contributed by atoms with Gasteiger partial charge in [-0.1, -0.05) is 54.6 Å². The average Bonchev–Trinajstić information content (AvgIpc) is 3.32. The van der Waals surface area contributed by atoms with Crippen LogP contribution in [0.2, 0.25) is 0 Å². The quantitative estimate of drug-likeness (QED) is 0.406. The maximum absolute atomic E-state index is 13.1. The number of hydrogen-bond acceptors (Lipinski definition) is 4. The van der Waals surface area contributed by atoms with E-state index in [1.54, 1.807) is 23.5 Å². The monoisotopic (exact) mass is 514 g/mol. The second-order valence-electron chi connectivity index (χ2n) is 8.61. The van der Waals surface area contributed by atoms with Crippen LogP contribution in [0.25, 0.3) is 11.1 Å². The molecule has 0 bridgehead atoms. The molecule has 1 N–H and O–H groups in total. The summed E-state index contributed by atoms with van der Waals surface area (Å²) in [5.41, 5.74) is -4.01. The van der Waals surface area contributed by atoms with E-state index >= 15 is 0 Å². The van der Waals surface area contributed by atoms with Gasteiger partial charge in [-0.25, -0.2) is 0 Å². The molecular weight excluding hydrogens is 490 g/mol. The summed E-state index contributed by atoms with van der Waals surface area (Å²) in [5.74, 6) is 0. The smallest absolute Gasteiger partial charge is 0.369 e. The fourth-order valence-electron chi connectivity index (χ4n) is 4.18. The highest BCUT2D eigenvalue weighted by molar-refractivity contribution is 7.09. The van der Waals surface area contributed by atoms with E-state index in [2.05, 4.69) is 27.3 Å². The van der Waals surface area contributed by atoms with Crippen LogP contribution in [0, 0.1) is 0 Å². The van der Waals surface area contributed by atoms with Crippen LogP contribution in [0.15, 0.2) is 66.0 Å². The molecule has 1 aromatic heterocycles. The van der Waals surface area contributed by atoms with Gasteiger partial charge in [0.25, 0.3) is 5.60 Å². The van der Waals surface area contributed by atoms with Gasteiger partial charge in [-0.2, -0.15) is 26.3 Å². The highest BCUT2D eigenvalue weighted by Crippen LogP contribution is 2.50. The number of halogens is 6. The summed E-state index contributed by atoms with van der Waals surface area (Å²) < 4.78 is 78.5. The summed E-state index contributed by atoms with van der Waals surface area (Å²) in [4.78, 5) is 6.13. The largest absolute Gasteiger partial charge is 0.430 e. The van der Waals surface area contributed by atoms with Crippen molar-refractivity contribution in [1.82, 2.24) is 9.80 Å². The lowest BCUT2D eigenvalue weighted by Gasteiger charge is -2.34. The van der Waals surface area contributed by atoms with Gasteiger partial charge in [-0.3, -0.25) is 9.80 Å². The molecule has 0 amide bonds. The summed E-state index contributed by atoms with van der Waals surface area (Å²) >= 11 is 1.76. The predicted octanol–water partition coefficient (Wildman–Crippen LogP) is 6.05. The van der Waals surface area contributed by atoms with E-state index in [0.29, 0.717) is 23.3 Å². The third kappa shape index (κ3) is 5.55. The lowest BCUT2D eigenvalue weighted by molar-refractivity contribution is -0.376. The highest BCUT2D eigenvalue weighted by atomic mass is 32.1. The van der Waals surface area contributed by atoms with E-state index in [1.165, 1.54) is 4.88 Å². The van der Waals surface area contributed by atoms with Crippen LogP contribution in [0.3, 0.4) is 0 Å². The molecule has 0 aliphatic carbocycles. The Morgan fingerprint density at radius 2 is 1.17 bits per heavy atom. The Morgan fingerprint density at radius 1 is 0.686 bits per heavy atom. The van der Waals surface area contributed by atoms with Crippen LogP contribution >= 0.6 is 11.3 Å². The maximum atomic E-state index is 13.1. The zero-order valence-electron chi connectivity index (χ0n) is 18.6. The Bertz CT molecular complexity index is 1070. The number of hydrogen-bond donors (Lipinski definition) is 1. The number of nitrogens with zero attached hydrogens (tertiary/aromatic N) is 2. The molecule has 188 valence electrons. The molecule has 10 heteroatoms. The van der Waals surface area contributed by atoms with E-state index < -0.39 is 23.5 Å². The van der Waals surface area contributed by atoms with Crippen molar-refractivity contribution in [2.45, 2.75) is 31.0 Å². The van der Waals surface area contributed by atoms with Crippen LogP contribution in [0.4, 0.5) is 26.3 Å². The summed E-state index contributed by atoms with van der Waals surface area (Å²) in [5, 5.41) is 11.6. The molecule has 1 aliphatic heterocycles. The third-order valence-corrected chi connectivity index (χ3v) is 7.10. The molecule has 0 radical (unpaired) electrons. The van der Waals surface area contributed by atoms with Gasteiger partial charge in [0, 0.05) is 49.7 Å². The SMILES string of the molecule is OC(c1ccc(-c2ccc(CN3CCN(Cc4cccs4)CC3)cc2)cc1)(C(F)(F)F)C(F)(F)F. The molecule has 4 rings (SSSR count). The zero-order chi connectivity index (χ0) is 25.3. The Labute approximate surface area is 203 Å². The molecular formula is C25H24F6N2OS. The third-order valence-electron chi connectivity index (χ3n) is 6.24. The van der Waals surface area contributed by atoms with E-state index in [0.717, 1.165) is 57.0 Å². The molecule has 0 atom stereocenters.